The van der Waals surface area contributed by atoms with E-state index in [-0.39, 0.29) is 11.5 Å². The van der Waals surface area contributed by atoms with Crippen LogP contribution in [0.15, 0.2) is 71.5 Å². The van der Waals surface area contributed by atoms with E-state index in [4.69, 9.17) is 9.47 Å². The summed E-state index contributed by atoms with van der Waals surface area (Å²) < 4.78 is 12.9. The van der Waals surface area contributed by atoms with Crippen LogP contribution in [0, 0.1) is 5.92 Å². The number of carbonyl (C=O) groups is 1. The summed E-state index contributed by atoms with van der Waals surface area (Å²) in [6, 6.07) is 7.60. The standard InChI is InChI=1S/C24H24N4O4/c1-31-19-12-16-17(13-20(19)32-2)24(30)28(10-5-9-27-11-8-25-14-27)22-15-6-3-4-7-18(15)26-23(29)21(16)22/h3-4,6-8,11-14,16-17H,5,9-10H2,1-2H3,(H,26,29). The second-order valence-electron chi connectivity index (χ2n) is 7.93. The summed E-state index contributed by atoms with van der Waals surface area (Å²) >= 11 is 0. The monoisotopic (exact) mass is 432 g/mol. The molecule has 3 aromatic rings. The first-order valence-electron chi connectivity index (χ1n) is 10.6. The highest BCUT2D eigenvalue weighted by atomic mass is 16.5. The molecule has 0 saturated carbocycles. The number of hydrogen-bond acceptors (Lipinski definition) is 5. The number of anilines is 1. The van der Waals surface area contributed by atoms with Crippen molar-refractivity contribution < 1.29 is 14.3 Å². The molecule has 0 bridgehead atoms. The molecule has 2 aromatic heterocycles. The Morgan fingerprint density at radius 1 is 1.03 bits per heavy atom. The number of hydrogen-bond donors (Lipinski definition) is 1. The van der Waals surface area contributed by atoms with Crippen LogP contribution in [-0.2, 0) is 20.8 Å². The van der Waals surface area contributed by atoms with Gasteiger partial charge >= 0.3 is 0 Å². The molecule has 5 rings (SSSR count). The third kappa shape index (κ3) is 3.19. The number of pyridine rings is 1. The maximum absolute atomic E-state index is 13.8. The van der Waals surface area contributed by atoms with Gasteiger partial charge in [-0.25, -0.2) is 4.98 Å². The number of benzene rings is 1. The summed E-state index contributed by atoms with van der Waals surface area (Å²) in [7, 11) is 3.10. The van der Waals surface area contributed by atoms with E-state index in [1.807, 2.05) is 41.1 Å². The fourth-order valence-corrected chi connectivity index (χ4v) is 4.71. The molecule has 2 aliphatic rings. The zero-order valence-electron chi connectivity index (χ0n) is 17.9. The summed E-state index contributed by atoms with van der Waals surface area (Å²) in [6.07, 6.45) is 9.71. The lowest BCUT2D eigenvalue weighted by atomic mass is 9.77. The van der Waals surface area contributed by atoms with Crippen molar-refractivity contribution in [1.29, 1.82) is 0 Å². The van der Waals surface area contributed by atoms with E-state index >= 15 is 0 Å². The van der Waals surface area contributed by atoms with Crippen molar-refractivity contribution in [3.05, 3.63) is 82.6 Å². The zero-order valence-corrected chi connectivity index (χ0v) is 17.9. The fourth-order valence-electron chi connectivity index (χ4n) is 4.71. The topological polar surface area (TPSA) is 89.5 Å². The van der Waals surface area contributed by atoms with Crippen LogP contribution in [0.3, 0.4) is 0 Å². The number of nitrogens with zero attached hydrogens (tertiary/aromatic N) is 3. The number of fused-ring (bicyclic) bond motifs is 5. The molecular formula is C24H24N4O4. The molecule has 0 radical (unpaired) electrons. The molecule has 2 atom stereocenters. The van der Waals surface area contributed by atoms with Gasteiger partial charge in [-0.1, -0.05) is 18.2 Å². The number of carbonyl (C=O) groups excluding carboxylic acids is 1. The highest BCUT2D eigenvalue weighted by Crippen LogP contribution is 2.45. The van der Waals surface area contributed by atoms with Crippen LogP contribution >= 0.6 is 0 Å². The Balaban J connectivity index is 1.65. The lowest BCUT2D eigenvalue weighted by Crippen LogP contribution is -2.46. The van der Waals surface area contributed by atoms with Crippen molar-refractivity contribution in [2.45, 2.75) is 18.9 Å². The van der Waals surface area contributed by atoms with Gasteiger partial charge in [0.25, 0.3) is 5.56 Å². The third-order valence-corrected chi connectivity index (χ3v) is 6.17. The van der Waals surface area contributed by atoms with Crippen LogP contribution < -0.4 is 10.5 Å². The van der Waals surface area contributed by atoms with Gasteiger partial charge in [0.15, 0.2) is 11.5 Å². The van der Waals surface area contributed by atoms with Gasteiger partial charge in [-0.05, 0) is 24.6 Å². The van der Waals surface area contributed by atoms with Gasteiger partial charge in [0.1, 0.15) is 0 Å². The minimum absolute atomic E-state index is 0.0511. The first kappa shape index (κ1) is 20.1. The highest BCUT2D eigenvalue weighted by Gasteiger charge is 2.43. The molecule has 1 amide bonds. The first-order valence-corrected chi connectivity index (χ1v) is 10.6. The van der Waals surface area contributed by atoms with Crippen LogP contribution in [-0.4, -0.2) is 41.2 Å². The third-order valence-electron chi connectivity index (χ3n) is 6.17. The minimum Gasteiger partial charge on any atom is -0.493 e. The van der Waals surface area contributed by atoms with Crippen LogP contribution in [0.1, 0.15) is 17.9 Å². The van der Waals surface area contributed by atoms with Gasteiger partial charge in [0.05, 0.1) is 37.7 Å². The van der Waals surface area contributed by atoms with E-state index in [9.17, 15) is 9.59 Å². The molecule has 0 saturated heterocycles. The van der Waals surface area contributed by atoms with Gasteiger partial charge in [-0.15, -0.1) is 0 Å². The van der Waals surface area contributed by atoms with E-state index < -0.39 is 11.8 Å². The van der Waals surface area contributed by atoms with Crippen molar-refractivity contribution >= 4 is 22.5 Å². The van der Waals surface area contributed by atoms with E-state index in [0.29, 0.717) is 34.8 Å². The van der Waals surface area contributed by atoms with E-state index in [1.165, 1.54) is 0 Å². The number of para-hydroxylation sites is 1. The predicted molar refractivity (Wildman–Crippen MR) is 120 cm³/mol. The summed E-state index contributed by atoms with van der Waals surface area (Å²) in [4.78, 5) is 35.8. The number of aromatic amines is 1. The number of methoxy groups -OCH3 is 2. The average molecular weight is 432 g/mol. The predicted octanol–water partition coefficient (Wildman–Crippen LogP) is 2.94. The normalized spacial score (nSPS) is 19.8. The number of aryl methyl sites for hydroxylation is 1. The SMILES string of the molecule is COC1=CC2C(=O)N(CCCn3ccnc3)c3c(c(=O)[nH]c4ccccc34)C2C=C1OC. The number of imidazole rings is 1. The number of rotatable bonds is 6. The Labute approximate surface area is 184 Å². The van der Waals surface area contributed by atoms with Crippen molar-refractivity contribution in [2.24, 2.45) is 5.92 Å². The average Bonchev–Trinajstić information content (AvgIpc) is 3.33. The van der Waals surface area contributed by atoms with Crippen molar-refractivity contribution in [2.75, 3.05) is 25.7 Å². The molecule has 1 aliphatic heterocycles. The minimum atomic E-state index is -0.535. The molecule has 1 N–H and O–H groups in total. The van der Waals surface area contributed by atoms with E-state index in [2.05, 4.69) is 9.97 Å². The molecule has 164 valence electrons. The summed E-state index contributed by atoms with van der Waals surface area (Å²) in [6.45, 7) is 1.21. The van der Waals surface area contributed by atoms with Crippen molar-refractivity contribution in [1.82, 2.24) is 14.5 Å². The Kier molecular flexibility index (Phi) is 5.05. The van der Waals surface area contributed by atoms with E-state index in [1.54, 1.807) is 37.7 Å². The number of allylic oxidation sites excluding steroid dienone is 1. The quantitative estimate of drug-likeness (QED) is 0.647. The van der Waals surface area contributed by atoms with Gasteiger partial charge in [0, 0.05) is 42.4 Å². The van der Waals surface area contributed by atoms with Crippen molar-refractivity contribution in [3.8, 4) is 0 Å². The summed E-state index contributed by atoms with van der Waals surface area (Å²) in [5.41, 5.74) is 1.78. The summed E-state index contributed by atoms with van der Waals surface area (Å²) in [5.74, 6) is 0.0102. The first-order chi connectivity index (χ1) is 15.6. The number of aromatic nitrogens is 3. The number of ether oxygens (including phenoxy) is 2. The largest absolute Gasteiger partial charge is 0.493 e. The zero-order chi connectivity index (χ0) is 22.2. The molecule has 0 fully saturated rings. The number of amides is 1. The molecule has 1 aromatic carbocycles. The van der Waals surface area contributed by atoms with Crippen molar-refractivity contribution in [3.63, 3.8) is 0 Å². The molecule has 8 nitrogen and oxygen atoms in total. The number of H-pyrrole nitrogens is 1. The van der Waals surface area contributed by atoms with Crippen LogP contribution in [0.25, 0.3) is 10.9 Å². The van der Waals surface area contributed by atoms with Gasteiger partial charge in [-0.3, -0.25) is 9.59 Å². The maximum Gasteiger partial charge on any atom is 0.254 e. The Morgan fingerprint density at radius 2 is 1.78 bits per heavy atom. The number of nitrogens with one attached hydrogen (secondary N) is 1. The fraction of sp³-hybridized carbons (Fsp3) is 0.292. The van der Waals surface area contributed by atoms with Crippen LogP contribution in [0.5, 0.6) is 0 Å². The second-order valence-corrected chi connectivity index (χ2v) is 7.93. The maximum atomic E-state index is 13.8. The lowest BCUT2D eigenvalue weighted by molar-refractivity contribution is -0.122. The highest BCUT2D eigenvalue weighted by molar-refractivity contribution is 6.08. The molecule has 0 spiro atoms. The molecule has 2 unspecified atom stereocenters. The Morgan fingerprint density at radius 3 is 2.50 bits per heavy atom. The Bertz CT molecular complexity index is 1290. The second kappa shape index (κ2) is 8.03. The molecule has 1 aliphatic carbocycles. The smallest absolute Gasteiger partial charge is 0.254 e. The van der Waals surface area contributed by atoms with E-state index in [0.717, 1.165) is 18.4 Å². The molecule has 8 heteroatoms. The lowest BCUT2D eigenvalue weighted by Gasteiger charge is -2.39. The van der Waals surface area contributed by atoms with Gasteiger partial charge < -0.3 is 23.9 Å². The molecular weight excluding hydrogens is 408 g/mol. The summed E-state index contributed by atoms with van der Waals surface area (Å²) in [5, 5.41) is 0.852. The van der Waals surface area contributed by atoms with Crippen LogP contribution in [0.4, 0.5) is 5.69 Å². The Hall–Kier alpha value is -3.81. The molecule has 32 heavy (non-hydrogen) atoms. The molecule has 3 heterocycles. The van der Waals surface area contributed by atoms with Gasteiger partial charge in [0.2, 0.25) is 5.91 Å². The van der Waals surface area contributed by atoms with Gasteiger partial charge in [-0.2, -0.15) is 0 Å². The van der Waals surface area contributed by atoms with Crippen LogP contribution in [0.2, 0.25) is 0 Å².